The minimum Gasteiger partial charge on any atom is -0.478 e. The molecule has 0 aliphatic carbocycles. The van der Waals surface area contributed by atoms with Crippen LogP contribution in [0.5, 0.6) is 0 Å². The van der Waals surface area contributed by atoms with E-state index in [0.29, 0.717) is 12.5 Å². The average Bonchev–Trinajstić information content (AvgIpc) is 2.84. The summed E-state index contributed by atoms with van der Waals surface area (Å²) >= 11 is 0. The summed E-state index contributed by atoms with van der Waals surface area (Å²) in [6.07, 6.45) is 1.03. The largest absolute Gasteiger partial charge is 0.478 e. The second kappa shape index (κ2) is 6.53. The summed E-state index contributed by atoms with van der Waals surface area (Å²) in [6, 6.07) is 2.87. The third kappa shape index (κ3) is 4.16. The molecule has 1 saturated heterocycles. The molecule has 2 amide bonds. The summed E-state index contributed by atoms with van der Waals surface area (Å²) < 4.78 is 13.7. The van der Waals surface area contributed by atoms with E-state index in [2.05, 4.69) is 15.5 Å². The highest BCUT2D eigenvalue weighted by Gasteiger charge is 2.20. The maximum absolute atomic E-state index is 13.7. The van der Waals surface area contributed by atoms with E-state index in [0.717, 1.165) is 25.6 Å². The van der Waals surface area contributed by atoms with Crippen molar-refractivity contribution in [3.8, 4) is 0 Å². The Hall–Kier alpha value is -2.15. The first-order valence-electron chi connectivity index (χ1n) is 6.72. The minimum atomic E-state index is -1.21. The molecule has 7 heteroatoms. The molecule has 1 aliphatic rings. The molecule has 0 bridgehead atoms. The Morgan fingerprint density at radius 2 is 2.24 bits per heavy atom. The molecule has 6 nitrogen and oxygen atoms in total. The number of rotatable bonds is 4. The third-order valence-corrected chi connectivity index (χ3v) is 3.50. The zero-order chi connectivity index (χ0) is 15.4. The predicted octanol–water partition coefficient (Wildman–Crippen LogP) is 1.60. The number of anilines is 1. The van der Waals surface area contributed by atoms with Gasteiger partial charge < -0.3 is 20.6 Å². The Bertz CT molecular complexity index is 550. The average molecular weight is 295 g/mol. The van der Waals surface area contributed by atoms with Crippen LogP contribution in [0, 0.1) is 11.7 Å². The van der Waals surface area contributed by atoms with Crippen LogP contribution < -0.4 is 10.6 Å². The van der Waals surface area contributed by atoms with Crippen molar-refractivity contribution in [2.45, 2.75) is 6.42 Å². The summed E-state index contributed by atoms with van der Waals surface area (Å²) in [7, 11) is 2.03. The minimum absolute atomic E-state index is 0.0407. The normalized spacial score (nSPS) is 18.5. The van der Waals surface area contributed by atoms with Gasteiger partial charge in [-0.05, 0) is 44.1 Å². The number of carboxylic acid groups (broad SMARTS) is 1. The number of likely N-dealkylation sites (tertiary alicyclic amines) is 1. The molecular formula is C14H18FN3O3. The number of halogens is 1. The van der Waals surface area contributed by atoms with Gasteiger partial charge in [-0.25, -0.2) is 14.0 Å². The lowest BCUT2D eigenvalue weighted by molar-refractivity contribution is 0.0696. The van der Waals surface area contributed by atoms with Crippen molar-refractivity contribution in [3.63, 3.8) is 0 Å². The van der Waals surface area contributed by atoms with Crippen LogP contribution in [0.15, 0.2) is 18.2 Å². The smallest absolute Gasteiger partial charge is 0.335 e. The van der Waals surface area contributed by atoms with Crippen molar-refractivity contribution < 1.29 is 19.1 Å². The zero-order valence-corrected chi connectivity index (χ0v) is 11.7. The van der Waals surface area contributed by atoms with Crippen LogP contribution in [-0.2, 0) is 0 Å². The van der Waals surface area contributed by atoms with Crippen molar-refractivity contribution in [2.24, 2.45) is 5.92 Å². The standard InChI is InChI=1S/C14H18FN3O3/c1-18-5-4-9(8-18)7-16-14(21)17-12-3-2-10(13(19)20)6-11(12)15/h2-3,6,9H,4-5,7-8H2,1H3,(H,19,20)(H2,16,17,21). The van der Waals surface area contributed by atoms with Crippen LogP contribution in [0.3, 0.4) is 0 Å². The van der Waals surface area contributed by atoms with Crippen molar-refractivity contribution >= 4 is 17.7 Å². The van der Waals surface area contributed by atoms with Gasteiger partial charge in [-0.3, -0.25) is 0 Å². The van der Waals surface area contributed by atoms with Gasteiger partial charge in [0.25, 0.3) is 0 Å². The molecule has 1 heterocycles. The van der Waals surface area contributed by atoms with Crippen LogP contribution in [-0.4, -0.2) is 48.7 Å². The molecule has 1 aromatic carbocycles. The molecule has 1 aromatic rings. The number of aromatic carboxylic acids is 1. The third-order valence-electron chi connectivity index (χ3n) is 3.50. The van der Waals surface area contributed by atoms with Crippen molar-refractivity contribution in [2.75, 3.05) is 32.0 Å². The Balaban J connectivity index is 1.86. The topological polar surface area (TPSA) is 81.7 Å². The summed E-state index contributed by atoms with van der Waals surface area (Å²) in [4.78, 5) is 24.6. The lowest BCUT2D eigenvalue weighted by Gasteiger charge is -2.13. The van der Waals surface area contributed by atoms with Gasteiger partial charge in [-0.15, -0.1) is 0 Å². The Kier molecular flexibility index (Phi) is 4.74. The lowest BCUT2D eigenvalue weighted by atomic mass is 10.1. The summed E-state index contributed by atoms with van der Waals surface area (Å²) in [5.41, 5.74) is -0.200. The van der Waals surface area contributed by atoms with E-state index in [9.17, 15) is 14.0 Å². The van der Waals surface area contributed by atoms with Crippen LogP contribution in [0.4, 0.5) is 14.9 Å². The van der Waals surface area contributed by atoms with E-state index < -0.39 is 17.8 Å². The van der Waals surface area contributed by atoms with E-state index in [4.69, 9.17) is 5.11 Å². The quantitative estimate of drug-likeness (QED) is 0.788. The molecule has 2 rings (SSSR count). The van der Waals surface area contributed by atoms with Gasteiger partial charge >= 0.3 is 12.0 Å². The van der Waals surface area contributed by atoms with Gasteiger partial charge in [-0.2, -0.15) is 0 Å². The Morgan fingerprint density at radius 1 is 1.48 bits per heavy atom. The Morgan fingerprint density at radius 3 is 2.81 bits per heavy atom. The van der Waals surface area contributed by atoms with E-state index in [-0.39, 0.29) is 11.3 Å². The molecule has 1 fully saturated rings. The van der Waals surface area contributed by atoms with E-state index >= 15 is 0 Å². The highest BCUT2D eigenvalue weighted by molar-refractivity contribution is 5.91. The maximum atomic E-state index is 13.7. The molecule has 0 spiro atoms. The SMILES string of the molecule is CN1CCC(CNC(=O)Nc2ccc(C(=O)O)cc2F)C1. The molecule has 0 aromatic heterocycles. The fourth-order valence-corrected chi connectivity index (χ4v) is 2.35. The van der Waals surface area contributed by atoms with E-state index in [1.165, 1.54) is 12.1 Å². The number of carbonyl (C=O) groups excluding carboxylic acids is 1. The van der Waals surface area contributed by atoms with E-state index in [1.54, 1.807) is 0 Å². The van der Waals surface area contributed by atoms with Crippen LogP contribution in [0.2, 0.25) is 0 Å². The molecule has 0 saturated carbocycles. The molecular weight excluding hydrogens is 277 g/mol. The lowest BCUT2D eigenvalue weighted by Crippen LogP contribution is -2.34. The monoisotopic (exact) mass is 295 g/mol. The van der Waals surface area contributed by atoms with Crippen molar-refractivity contribution in [3.05, 3.63) is 29.6 Å². The molecule has 1 aliphatic heterocycles. The summed E-state index contributed by atoms with van der Waals surface area (Å²) in [5.74, 6) is -1.58. The van der Waals surface area contributed by atoms with Crippen molar-refractivity contribution in [1.82, 2.24) is 10.2 Å². The number of carbonyl (C=O) groups is 2. The number of nitrogens with one attached hydrogen (secondary N) is 2. The molecule has 3 N–H and O–H groups in total. The van der Waals surface area contributed by atoms with Crippen LogP contribution in [0.1, 0.15) is 16.8 Å². The number of amides is 2. The molecule has 0 radical (unpaired) electrons. The van der Waals surface area contributed by atoms with Gasteiger partial charge in [0.05, 0.1) is 11.3 Å². The maximum Gasteiger partial charge on any atom is 0.335 e. The Labute approximate surface area is 121 Å². The summed E-state index contributed by atoms with van der Waals surface area (Å²) in [6.45, 7) is 2.48. The summed E-state index contributed by atoms with van der Waals surface area (Å²) in [5, 5.41) is 13.8. The van der Waals surface area contributed by atoms with Gasteiger partial charge in [0.1, 0.15) is 5.82 Å². The highest BCUT2D eigenvalue weighted by Crippen LogP contribution is 2.16. The highest BCUT2D eigenvalue weighted by atomic mass is 19.1. The van der Waals surface area contributed by atoms with Crippen LogP contribution in [0.25, 0.3) is 0 Å². The molecule has 1 unspecified atom stereocenters. The molecule has 21 heavy (non-hydrogen) atoms. The van der Waals surface area contributed by atoms with Gasteiger partial charge in [0.2, 0.25) is 0 Å². The number of carboxylic acids is 1. The van der Waals surface area contributed by atoms with Crippen molar-refractivity contribution in [1.29, 1.82) is 0 Å². The fourth-order valence-electron chi connectivity index (χ4n) is 2.35. The van der Waals surface area contributed by atoms with Crippen LogP contribution >= 0.6 is 0 Å². The zero-order valence-electron chi connectivity index (χ0n) is 11.7. The van der Waals surface area contributed by atoms with Gasteiger partial charge in [0, 0.05) is 13.1 Å². The molecule has 114 valence electrons. The fraction of sp³-hybridized carbons (Fsp3) is 0.429. The van der Waals surface area contributed by atoms with Gasteiger partial charge in [0.15, 0.2) is 0 Å². The second-order valence-electron chi connectivity index (χ2n) is 5.25. The number of urea groups is 1. The molecule has 1 atom stereocenters. The second-order valence-corrected chi connectivity index (χ2v) is 5.25. The first-order valence-corrected chi connectivity index (χ1v) is 6.72. The first-order chi connectivity index (χ1) is 9.95. The number of hydrogen-bond donors (Lipinski definition) is 3. The number of nitrogens with zero attached hydrogens (tertiary/aromatic N) is 1. The number of benzene rings is 1. The van der Waals surface area contributed by atoms with E-state index in [1.807, 2.05) is 7.05 Å². The van der Waals surface area contributed by atoms with Gasteiger partial charge in [-0.1, -0.05) is 0 Å². The predicted molar refractivity (Wildman–Crippen MR) is 76.0 cm³/mol. The number of hydrogen-bond acceptors (Lipinski definition) is 3. The first kappa shape index (κ1) is 15.2.